The summed E-state index contributed by atoms with van der Waals surface area (Å²) in [6.45, 7) is 4.86. The van der Waals surface area contributed by atoms with Crippen molar-refractivity contribution in [3.8, 4) is 0 Å². The smallest absolute Gasteiger partial charge is 0.252 e. The third-order valence-electron chi connectivity index (χ3n) is 3.83. The second kappa shape index (κ2) is 4.96. The lowest BCUT2D eigenvalue weighted by Crippen LogP contribution is -2.32. The summed E-state index contributed by atoms with van der Waals surface area (Å²) >= 11 is 0. The largest absolute Gasteiger partial charge is 0.365 e. The van der Waals surface area contributed by atoms with Gasteiger partial charge in [-0.3, -0.25) is 4.79 Å². The highest BCUT2D eigenvalue weighted by Crippen LogP contribution is 2.29. The fourth-order valence-electron chi connectivity index (χ4n) is 2.31. The van der Waals surface area contributed by atoms with Crippen LogP contribution < -0.4 is 10.6 Å². The molecule has 1 aromatic heterocycles. The maximum Gasteiger partial charge on any atom is 0.252 e. The molecule has 0 aliphatic heterocycles. The average molecular weight is 247 g/mol. The molecule has 2 rings (SSSR count). The maximum atomic E-state index is 11.5. The SMILES string of the molecule is Cc1cc(C(N)=O)c(N(C)CC2CCC2)nc1C. The van der Waals surface area contributed by atoms with E-state index in [1.807, 2.05) is 27.0 Å². The lowest BCUT2D eigenvalue weighted by atomic mass is 9.85. The highest BCUT2D eigenvalue weighted by atomic mass is 16.1. The molecule has 1 fully saturated rings. The summed E-state index contributed by atoms with van der Waals surface area (Å²) in [6.07, 6.45) is 3.88. The minimum Gasteiger partial charge on any atom is -0.365 e. The number of nitrogens with two attached hydrogens (primary N) is 1. The van der Waals surface area contributed by atoms with E-state index in [9.17, 15) is 4.79 Å². The zero-order valence-electron chi connectivity index (χ0n) is 11.4. The number of hydrogen-bond donors (Lipinski definition) is 1. The number of hydrogen-bond acceptors (Lipinski definition) is 3. The predicted molar refractivity (Wildman–Crippen MR) is 72.8 cm³/mol. The monoisotopic (exact) mass is 247 g/mol. The molecule has 1 heterocycles. The van der Waals surface area contributed by atoms with E-state index < -0.39 is 5.91 Å². The first-order valence-electron chi connectivity index (χ1n) is 6.48. The molecule has 0 radical (unpaired) electrons. The Balaban J connectivity index is 2.28. The zero-order chi connectivity index (χ0) is 13.3. The Kier molecular flexibility index (Phi) is 3.55. The highest BCUT2D eigenvalue weighted by Gasteiger charge is 2.22. The summed E-state index contributed by atoms with van der Waals surface area (Å²) in [6, 6.07) is 1.84. The number of nitrogens with zero attached hydrogens (tertiary/aromatic N) is 2. The Morgan fingerprint density at radius 1 is 1.50 bits per heavy atom. The van der Waals surface area contributed by atoms with Gasteiger partial charge in [-0.05, 0) is 44.2 Å². The number of anilines is 1. The van der Waals surface area contributed by atoms with Gasteiger partial charge < -0.3 is 10.6 Å². The molecular formula is C14H21N3O. The van der Waals surface area contributed by atoms with Crippen molar-refractivity contribution in [3.05, 3.63) is 22.9 Å². The zero-order valence-corrected chi connectivity index (χ0v) is 11.4. The van der Waals surface area contributed by atoms with Gasteiger partial charge in [0.05, 0.1) is 5.56 Å². The van der Waals surface area contributed by atoms with Crippen LogP contribution >= 0.6 is 0 Å². The summed E-state index contributed by atoms with van der Waals surface area (Å²) in [4.78, 5) is 18.1. The summed E-state index contributed by atoms with van der Waals surface area (Å²) in [7, 11) is 1.99. The fraction of sp³-hybridized carbons (Fsp3) is 0.571. The molecule has 18 heavy (non-hydrogen) atoms. The van der Waals surface area contributed by atoms with Crippen LogP contribution in [0.3, 0.4) is 0 Å². The molecular weight excluding hydrogens is 226 g/mol. The van der Waals surface area contributed by atoms with Crippen molar-refractivity contribution in [2.45, 2.75) is 33.1 Å². The van der Waals surface area contributed by atoms with E-state index in [0.29, 0.717) is 5.56 Å². The number of rotatable bonds is 4. The molecule has 0 aromatic carbocycles. The quantitative estimate of drug-likeness (QED) is 0.885. The van der Waals surface area contributed by atoms with Crippen LogP contribution in [0.25, 0.3) is 0 Å². The van der Waals surface area contributed by atoms with Crippen LogP contribution in [-0.2, 0) is 0 Å². The van der Waals surface area contributed by atoms with Gasteiger partial charge in [-0.15, -0.1) is 0 Å². The van der Waals surface area contributed by atoms with Gasteiger partial charge in [0.1, 0.15) is 5.82 Å². The van der Waals surface area contributed by atoms with E-state index in [1.165, 1.54) is 19.3 Å². The van der Waals surface area contributed by atoms with Crippen molar-refractivity contribution in [2.75, 3.05) is 18.5 Å². The van der Waals surface area contributed by atoms with Crippen LogP contribution in [0.1, 0.15) is 40.9 Å². The van der Waals surface area contributed by atoms with Crippen molar-refractivity contribution < 1.29 is 4.79 Å². The van der Waals surface area contributed by atoms with Gasteiger partial charge in [0.15, 0.2) is 0 Å². The van der Waals surface area contributed by atoms with Crippen LogP contribution in [-0.4, -0.2) is 24.5 Å². The molecule has 0 spiro atoms. The van der Waals surface area contributed by atoms with Gasteiger partial charge in [-0.1, -0.05) is 6.42 Å². The molecule has 4 heteroatoms. The Morgan fingerprint density at radius 2 is 2.17 bits per heavy atom. The second-order valence-electron chi connectivity index (χ2n) is 5.30. The van der Waals surface area contributed by atoms with Gasteiger partial charge in [0, 0.05) is 19.3 Å². The number of carbonyl (C=O) groups is 1. The van der Waals surface area contributed by atoms with Crippen molar-refractivity contribution in [1.82, 2.24) is 4.98 Å². The topological polar surface area (TPSA) is 59.2 Å². The normalized spacial score (nSPS) is 15.3. The third kappa shape index (κ3) is 2.47. The van der Waals surface area contributed by atoms with Gasteiger partial charge in [0.25, 0.3) is 5.91 Å². The first-order valence-corrected chi connectivity index (χ1v) is 6.48. The first-order chi connectivity index (χ1) is 8.49. The van der Waals surface area contributed by atoms with E-state index in [4.69, 9.17) is 5.73 Å². The van der Waals surface area contributed by atoms with Crippen LogP contribution in [0.15, 0.2) is 6.07 Å². The Bertz CT molecular complexity index is 466. The van der Waals surface area contributed by atoms with Crippen molar-refractivity contribution in [3.63, 3.8) is 0 Å². The summed E-state index contributed by atoms with van der Waals surface area (Å²) < 4.78 is 0. The Labute approximate surface area is 108 Å². The number of aryl methyl sites for hydroxylation is 2. The molecule has 0 bridgehead atoms. The minimum atomic E-state index is -0.402. The molecule has 1 aliphatic rings. The van der Waals surface area contributed by atoms with E-state index in [0.717, 1.165) is 29.5 Å². The average Bonchev–Trinajstić information content (AvgIpc) is 2.26. The Morgan fingerprint density at radius 3 is 2.67 bits per heavy atom. The Hall–Kier alpha value is -1.58. The van der Waals surface area contributed by atoms with Gasteiger partial charge >= 0.3 is 0 Å². The highest BCUT2D eigenvalue weighted by molar-refractivity contribution is 5.98. The van der Waals surface area contributed by atoms with E-state index in [-0.39, 0.29) is 0 Å². The standard InChI is InChI=1S/C14H21N3O/c1-9-7-12(13(15)18)14(16-10(9)2)17(3)8-11-5-4-6-11/h7,11H,4-6,8H2,1-3H3,(H2,15,18). The molecule has 4 nitrogen and oxygen atoms in total. The van der Waals surface area contributed by atoms with Crippen molar-refractivity contribution in [1.29, 1.82) is 0 Å². The molecule has 0 atom stereocenters. The van der Waals surface area contributed by atoms with Gasteiger partial charge in [-0.2, -0.15) is 0 Å². The summed E-state index contributed by atoms with van der Waals surface area (Å²) in [5, 5.41) is 0. The van der Waals surface area contributed by atoms with Crippen LogP contribution in [0.2, 0.25) is 0 Å². The van der Waals surface area contributed by atoms with E-state index in [1.54, 1.807) is 0 Å². The fourth-order valence-corrected chi connectivity index (χ4v) is 2.31. The van der Waals surface area contributed by atoms with Crippen molar-refractivity contribution >= 4 is 11.7 Å². The molecule has 1 amide bonds. The molecule has 98 valence electrons. The molecule has 0 saturated heterocycles. The first kappa shape index (κ1) is 12.9. The van der Waals surface area contributed by atoms with Gasteiger partial charge in [-0.25, -0.2) is 4.98 Å². The second-order valence-corrected chi connectivity index (χ2v) is 5.30. The maximum absolute atomic E-state index is 11.5. The molecule has 0 unspecified atom stereocenters. The number of amides is 1. The lowest BCUT2D eigenvalue weighted by Gasteiger charge is -2.31. The van der Waals surface area contributed by atoms with E-state index >= 15 is 0 Å². The molecule has 1 aromatic rings. The van der Waals surface area contributed by atoms with Gasteiger partial charge in [0.2, 0.25) is 0 Å². The molecule has 2 N–H and O–H groups in total. The summed E-state index contributed by atoms with van der Waals surface area (Å²) in [5.74, 6) is 1.05. The minimum absolute atomic E-state index is 0.402. The number of carbonyl (C=O) groups excluding carboxylic acids is 1. The summed E-state index contributed by atoms with van der Waals surface area (Å²) in [5.41, 5.74) is 7.93. The van der Waals surface area contributed by atoms with Crippen LogP contribution in [0.4, 0.5) is 5.82 Å². The molecule has 1 aliphatic carbocycles. The number of primary amides is 1. The number of pyridine rings is 1. The predicted octanol–water partition coefficient (Wildman–Crippen LogP) is 2.03. The molecule has 1 saturated carbocycles. The van der Waals surface area contributed by atoms with Crippen LogP contribution in [0, 0.1) is 19.8 Å². The third-order valence-corrected chi connectivity index (χ3v) is 3.83. The van der Waals surface area contributed by atoms with E-state index in [2.05, 4.69) is 9.88 Å². The lowest BCUT2D eigenvalue weighted by molar-refractivity contribution is 0.100. The van der Waals surface area contributed by atoms with Crippen molar-refractivity contribution in [2.24, 2.45) is 11.7 Å². The van der Waals surface area contributed by atoms with Crippen LogP contribution in [0.5, 0.6) is 0 Å². The number of aromatic nitrogens is 1.